The molecule has 11 rings (SSSR count). The molecular weight excluding hydrogens is 983 g/mol. The highest BCUT2D eigenvalue weighted by Crippen LogP contribution is 2.65. The fourth-order valence-corrected chi connectivity index (χ4v) is 16.9. The van der Waals surface area contributed by atoms with Crippen molar-refractivity contribution < 1.29 is 55.1 Å². The summed E-state index contributed by atoms with van der Waals surface area (Å²) >= 11 is 0. The molecule has 0 aliphatic heterocycles. The predicted molar refractivity (Wildman–Crippen MR) is 281 cm³/mol. The van der Waals surface area contributed by atoms with Crippen molar-refractivity contribution in [2.24, 2.45) is 52.3 Å². The van der Waals surface area contributed by atoms with Gasteiger partial charge in [-0.3, -0.25) is 4.79 Å². The standard InChI is InChI=1S/C41H53O3S.C19H28F2O7S/c1-27-20-34(45(32-16-12-10-13-17-32)33-18-14-11-15-19-33)26-35(38(2,3)4)36(27)43-40(8,9)37(42)44-41(39(5,6)7)30-22-28-21-29(24-30)25-31(41)23-28;1-16(2,17(3,4)28-15(23)19(20,21)29(24,25)26)27-14(22)18-8-11-5-12(9-18)7-13(6-11)10-18/h10-20,26,28-31H,21-25H2,1-9H3;11-13H,5-10H2,1-4H3,(H,24,25,26)/q+1;/p-1. The molecule has 8 aliphatic rings. The Bertz CT molecular complexity index is 2600. The number of benzene rings is 3. The van der Waals surface area contributed by atoms with Crippen LogP contribution in [0.25, 0.3) is 0 Å². The Balaban J connectivity index is 0.000000217. The van der Waals surface area contributed by atoms with Gasteiger partial charge in [-0.25, -0.2) is 18.0 Å². The zero-order valence-corrected chi connectivity index (χ0v) is 47.5. The highest BCUT2D eigenvalue weighted by atomic mass is 32.2. The van der Waals surface area contributed by atoms with Crippen molar-refractivity contribution in [2.45, 2.75) is 208 Å². The van der Waals surface area contributed by atoms with Gasteiger partial charge in [-0.15, -0.1) is 0 Å². The van der Waals surface area contributed by atoms with Crippen molar-refractivity contribution in [1.82, 2.24) is 0 Å². The summed E-state index contributed by atoms with van der Waals surface area (Å²) in [5.74, 6) is 1.59. The summed E-state index contributed by atoms with van der Waals surface area (Å²) in [4.78, 5) is 43.0. The Labute approximate surface area is 442 Å². The van der Waals surface area contributed by atoms with E-state index in [9.17, 15) is 36.1 Å². The van der Waals surface area contributed by atoms with Gasteiger partial charge in [-0.1, -0.05) is 77.9 Å². The fraction of sp³-hybridized carbons (Fsp3) is 0.650. The van der Waals surface area contributed by atoms with Crippen LogP contribution in [-0.2, 0) is 55.0 Å². The summed E-state index contributed by atoms with van der Waals surface area (Å²) in [6, 6.07) is 26.1. The van der Waals surface area contributed by atoms with E-state index in [0.29, 0.717) is 29.6 Å². The monoisotopic (exact) mass is 1060 g/mol. The maximum Gasteiger partial charge on any atom is 0.428 e. The van der Waals surface area contributed by atoms with Crippen molar-refractivity contribution in [2.75, 3.05) is 0 Å². The van der Waals surface area contributed by atoms with Gasteiger partial charge in [0.2, 0.25) is 0 Å². The van der Waals surface area contributed by atoms with E-state index in [2.05, 4.69) is 126 Å². The van der Waals surface area contributed by atoms with Gasteiger partial charge < -0.3 is 23.5 Å². The van der Waals surface area contributed by atoms with Gasteiger partial charge in [-0.05, 0) is 184 Å². The van der Waals surface area contributed by atoms with E-state index in [4.69, 9.17) is 14.2 Å². The summed E-state index contributed by atoms with van der Waals surface area (Å²) in [6.45, 7) is 24.8. The third-order valence-corrected chi connectivity index (χ3v) is 21.0. The second kappa shape index (κ2) is 19.5. The summed E-state index contributed by atoms with van der Waals surface area (Å²) < 4.78 is 83.2. The van der Waals surface area contributed by atoms with Crippen molar-refractivity contribution >= 4 is 38.9 Å². The molecule has 3 aromatic carbocycles. The molecule has 74 heavy (non-hydrogen) atoms. The van der Waals surface area contributed by atoms with E-state index in [1.807, 2.05) is 13.8 Å². The molecule has 14 heteroatoms. The van der Waals surface area contributed by atoms with E-state index >= 15 is 0 Å². The normalized spacial score (nSPS) is 28.6. The molecule has 8 fully saturated rings. The molecule has 3 aromatic rings. The Kier molecular flexibility index (Phi) is 14.8. The van der Waals surface area contributed by atoms with E-state index in [1.54, 1.807) is 0 Å². The SMILES string of the molecule is CC(C)(OC(=O)C12CC3CC(CC(C3)C1)C2)C(C)(C)OC(=O)C(F)(F)S(=O)(=O)[O-].Cc1cc([S+](c2ccccc2)c2ccccc2)cc(C(C)(C)C)c1OC(C)(C)C(=O)OC1(C(C)(C)C)C2CC3CC(C2)CC1C3. The van der Waals surface area contributed by atoms with E-state index in [-0.39, 0.29) is 27.7 Å². The van der Waals surface area contributed by atoms with Crippen molar-refractivity contribution in [3.63, 3.8) is 0 Å². The van der Waals surface area contributed by atoms with Crippen molar-refractivity contribution in [3.05, 3.63) is 83.9 Å². The molecule has 8 aliphatic carbocycles. The van der Waals surface area contributed by atoms with Crippen LogP contribution in [0.1, 0.15) is 165 Å². The van der Waals surface area contributed by atoms with Gasteiger partial charge in [0.05, 0.1) is 16.3 Å². The quantitative estimate of drug-likeness (QED) is 0.0702. The van der Waals surface area contributed by atoms with E-state index in [1.165, 1.54) is 74.5 Å². The smallest absolute Gasteiger partial charge is 0.428 e. The molecule has 0 atom stereocenters. The molecule has 0 radical (unpaired) electrons. The summed E-state index contributed by atoms with van der Waals surface area (Å²) in [7, 11) is -6.52. The number of hydrogen-bond donors (Lipinski definition) is 0. The van der Waals surface area contributed by atoms with Crippen LogP contribution in [0.15, 0.2) is 87.5 Å². The molecule has 0 spiro atoms. The van der Waals surface area contributed by atoms with Crippen LogP contribution in [0.3, 0.4) is 0 Å². The lowest BCUT2D eigenvalue weighted by molar-refractivity contribution is -0.252. The molecule has 0 heterocycles. The van der Waals surface area contributed by atoms with Crippen LogP contribution in [0.2, 0.25) is 0 Å². The fourth-order valence-electron chi connectivity index (χ4n) is 14.4. The molecule has 8 bridgehead atoms. The van der Waals surface area contributed by atoms with E-state index < -0.39 is 55.1 Å². The number of halogens is 2. The average Bonchev–Trinajstić information content (AvgIpc) is 3.27. The predicted octanol–water partition coefficient (Wildman–Crippen LogP) is 13.3. The largest absolute Gasteiger partial charge is 0.743 e. The lowest BCUT2D eigenvalue weighted by atomic mass is 9.45. The maximum absolute atomic E-state index is 14.4. The average molecular weight is 1060 g/mol. The van der Waals surface area contributed by atoms with Crippen LogP contribution >= 0.6 is 0 Å². The number of carbonyl (C=O) groups is 3. The van der Waals surface area contributed by atoms with Crippen LogP contribution in [0, 0.1) is 59.2 Å². The zero-order valence-electron chi connectivity index (χ0n) is 45.9. The summed E-state index contributed by atoms with van der Waals surface area (Å²) in [6.07, 6.45) is 11.7. The molecule has 8 saturated carbocycles. The number of esters is 3. The van der Waals surface area contributed by atoms with Gasteiger partial charge in [0.15, 0.2) is 30.4 Å². The lowest BCUT2D eigenvalue weighted by Gasteiger charge is -2.64. The Morgan fingerprint density at radius 1 is 0.608 bits per heavy atom. The van der Waals surface area contributed by atoms with Crippen LogP contribution in [0.5, 0.6) is 5.75 Å². The number of ether oxygens (including phenoxy) is 4. The molecule has 0 saturated heterocycles. The van der Waals surface area contributed by atoms with Crippen molar-refractivity contribution in [1.29, 1.82) is 0 Å². The minimum absolute atomic E-state index is 0.139. The Morgan fingerprint density at radius 3 is 1.46 bits per heavy atom. The molecule has 0 N–H and O–H groups in total. The molecule has 0 unspecified atom stereocenters. The van der Waals surface area contributed by atoms with Gasteiger partial charge in [0, 0.05) is 34.9 Å². The first-order chi connectivity index (χ1) is 34.1. The number of alkyl halides is 2. The lowest BCUT2D eigenvalue weighted by Crippen LogP contribution is -2.66. The molecule has 406 valence electrons. The minimum Gasteiger partial charge on any atom is -0.743 e. The van der Waals surface area contributed by atoms with Gasteiger partial charge >= 0.3 is 23.2 Å². The van der Waals surface area contributed by atoms with Crippen LogP contribution in [0.4, 0.5) is 8.78 Å². The summed E-state index contributed by atoms with van der Waals surface area (Å²) in [5.41, 5.74) is -3.71. The highest BCUT2D eigenvalue weighted by molar-refractivity contribution is 7.97. The number of hydrogen-bond acceptors (Lipinski definition) is 10. The first kappa shape index (κ1) is 56.2. The third kappa shape index (κ3) is 10.6. The molecule has 10 nitrogen and oxygen atoms in total. The number of rotatable bonds is 13. The second-order valence-electron chi connectivity index (χ2n) is 26.6. The Morgan fingerprint density at radius 2 is 1.04 bits per heavy atom. The third-order valence-electron chi connectivity index (χ3n) is 18.1. The van der Waals surface area contributed by atoms with Gasteiger partial charge in [-0.2, -0.15) is 8.78 Å². The topological polar surface area (TPSA) is 145 Å². The summed E-state index contributed by atoms with van der Waals surface area (Å²) in [5, 5.41) is -5.23. The highest BCUT2D eigenvalue weighted by Gasteiger charge is 2.65. The zero-order chi connectivity index (χ0) is 54.4. The van der Waals surface area contributed by atoms with Crippen molar-refractivity contribution in [3.8, 4) is 5.75 Å². The molecule has 0 amide bonds. The molecule has 0 aromatic heterocycles. The number of aryl methyl sites for hydroxylation is 1. The molecular formula is C60H80F2O10S2. The van der Waals surface area contributed by atoms with Gasteiger partial charge in [0.1, 0.15) is 22.6 Å². The van der Waals surface area contributed by atoms with Crippen LogP contribution in [-0.4, -0.2) is 58.5 Å². The second-order valence-corrected chi connectivity index (χ2v) is 30.1. The first-order valence-electron chi connectivity index (χ1n) is 26.8. The Hall–Kier alpha value is -4.01. The number of carbonyl (C=O) groups excluding carboxylic acids is 3. The van der Waals surface area contributed by atoms with Crippen LogP contribution < -0.4 is 4.74 Å². The van der Waals surface area contributed by atoms with Gasteiger partial charge in [0.25, 0.3) is 0 Å². The first-order valence-corrected chi connectivity index (χ1v) is 29.4. The van der Waals surface area contributed by atoms with E-state index in [0.717, 1.165) is 67.2 Å². The maximum atomic E-state index is 14.4. The minimum atomic E-state index is -6.24.